The molecule has 4 aromatic rings. The number of hydrogen-bond donors (Lipinski definition) is 1. The van der Waals surface area contributed by atoms with E-state index in [2.05, 4.69) is 65.7 Å². The van der Waals surface area contributed by atoms with E-state index in [0.29, 0.717) is 11.5 Å². The lowest BCUT2D eigenvalue weighted by Crippen LogP contribution is -2.25. The van der Waals surface area contributed by atoms with Crippen LogP contribution < -0.4 is 10.2 Å². The average Bonchev–Trinajstić information content (AvgIpc) is 3.44. The fraction of sp³-hybridized carbons (Fsp3) is 0.345. The van der Waals surface area contributed by atoms with E-state index in [4.69, 9.17) is 0 Å². The predicted molar refractivity (Wildman–Crippen MR) is 144 cm³/mol. The largest absolute Gasteiger partial charge is 0.388 e. The minimum Gasteiger partial charge on any atom is -0.388 e. The number of halogens is 2. The van der Waals surface area contributed by atoms with Crippen LogP contribution in [0.2, 0.25) is 0 Å². The van der Waals surface area contributed by atoms with E-state index in [1.807, 2.05) is 13.1 Å². The number of rotatable bonds is 6. The lowest BCUT2D eigenvalue weighted by atomic mass is 9.92. The molecule has 7 heteroatoms. The van der Waals surface area contributed by atoms with Crippen LogP contribution in [-0.2, 0) is 20.5 Å². The van der Waals surface area contributed by atoms with Gasteiger partial charge in [0.15, 0.2) is 0 Å². The van der Waals surface area contributed by atoms with Gasteiger partial charge >= 0.3 is 0 Å². The molecule has 36 heavy (non-hydrogen) atoms. The van der Waals surface area contributed by atoms with Gasteiger partial charge in [0.05, 0.1) is 11.7 Å². The van der Waals surface area contributed by atoms with Gasteiger partial charge in [-0.2, -0.15) is 5.10 Å². The maximum absolute atomic E-state index is 14.3. The summed E-state index contributed by atoms with van der Waals surface area (Å²) in [4.78, 5) is 2.21. The van der Waals surface area contributed by atoms with Gasteiger partial charge in [0.1, 0.15) is 0 Å². The lowest BCUT2D eigenvalue weighted by Gasteiger charge is -2.33. The quantitative estimate of drug-likeness (QED) is 0.320. The first-order valence-corrected chi connectivity index (χ1v) is 12.4. The van der Waals surface area contributed by atoms with Gasteiger partial charge in [-0.3, -0.25) is 4.68 Å². The molecule has 0 aliphatic carbocycles. The van der Waals surface area contributed by atoms with Crippen molar-refractivity contribution in [3.8, 4) is 11.1 Å². The van der Waals surface area contributed by atoms with Crippen LogP contribution in [0.4, 0.5) is 20.2 Å². The topological polar surface area (TPSA) is 38.0 Å². The minimum atomic E-state index is -2.58. The van der Waals surface area contributed by atoms with Crippen LogP contribution in [0.3, 0.4) is 0 Å². The summed E-state index contributed by atoms with van der Waals surface area (Å²) in [6, 6.07) is 8.05. The van der Waals surface area contributed by atoms with Crippen LogP contribution in [0.15, 0.2) is 49.4 Å². The third-order valence-corrected chi connectivity index (χ3v) is 7.27. The normalized spacial score (nSPS) is 13.6. The van der Waals surface area contributed by atoms with E-state index in [9.17, 15) is 8.78 Å². The second kappa shape index (κ2) is 9.12. The Bertz CT molecular complexity index is 1460. The number of anilines is 2. The van der Waals surface area contributed by atoms with Crippen LogP contribution in [0, 0.1) is 0 Å². The number of aromatic nitrogens is 3. The molecule has 1 aliphatic rings. The van der Waals surface area contributed by atoms with Gasteiger partial charge in [-0.25, -0.2) is 8.78 Å². The van der Waals surface area contributed by atoms with Gasteiger partial charge in [0.25, 0.3) is 6.43 Å². The van der Waals surface area contributed by atoms with Crippen LogP contribution in [-0.4, -0.2) is 27.9 Å². The van der Waals surface area contributed by atoms with Crippen molar-refractivity contribution in [3.63, 3.8) is 0 Å². The zero-order chi connectivity index (χ0) is 25.7. The molecule has 3 heterocycles. The highest BCUT2D eigenvalue weighted by Gasteiger charge is 2.26. The molecule has 0 saturated carbocycles. The molecule has 0 spiro atoms. The minimum absolute atomic E-state index is 0.0442. The fourth-order valence-electron chi connectivity index (χ4n) is 5.45. The maximum atomic E-state index is 14.3. The van der Waals surface area contributed by atoms with Crippen LogP contribution in [0.25, 0.3) is 27.7 Å². The Kier molecular flexibility index (Phi) is 6.10. The molecule has 188 valence electrons. The molecule has 0 radical (unpaired) electrons. The van der Waals surface area contributed by atoms with E-state index >= 15 is 0 Å². The Morgan fingerprint density at radius 3 is 2.50 bits per heavy atom. The first-order valence-electron chi connectivity index (χ1n) is 12.4. The SMILES string of the molecule is C=C(NC)c1cn(C)c2c(C(C)C)cc(N3CCCc4cc(-c5cnn(C)c5)c(C(F)F)cc43)cc12. The maximum Gasteiger partial charge on any atom is 0.264 e. The molecule has 0 unspecified atom stereocenters. The summed E-state index contributed by atoms with van der Waals surface area (Å²) >= 11 is 0. The molecule has 0 bridgehead atoms. The van der Waals surface area contributed by atoms with Crippen molar-refractivity contribution in [2.24, 2.45) is 14.1 Å². The summed E-state index contributed by atoms with van der Waals surface area (Å²) < 4.78 is 32.4. The van der Waals surface area contributed by atoms with Gasteiger partial charge in [0, 0.05) is 79.2 Å². The highest BCUT2D eigenvalue weighted by molar-refractivity contribution is 5.97. The summed E-state index contributed by atoms with van der Waals surface area (Å²) in [5, 5.41) is 8.50. The highest BCUT2D eigenvalue weighted by atomic mass is 19.3. The molecule has 2 aromatic carbocycles. The number of nitrogens with one attached hydrogen (secondary N) is 1. The van der Waals surface area contributed by atoms with Gasteiger partial charge in [0.2, 0.25) is 0 Å². The van der Waals surface area contributed by atoms with Gasteiger partial charge in [-0.05, 0) is 59.7 Å². The molecule has 0 atom stereocenters. The molecule has 1 N–H and O–H groups in total. The lowest BCUT2D eigenvalue weighted by molar-refractivity contribution is 0.152. The Morgan fingerprint density at radius 1 is 1.08 bits per heavy atom. The molecular weight excluding hydrogens is 456 g/mol. The van der Waals surface area contributed by atoms with Crippen molar-refractivity contribution in [2.45, 2.75) is 39.0 Å². The number of alkyl halides is 2. The monoisotopic (exact) mass is 489 g/mol. The summed E-state index contributed by atoms with van der Waals surface area (Å²) in [6.07, 6.45) is 4.79. The molecule has 2 aromatic heterocycles. The van der Waals surface area contributed by atoms with Crippen molar-refractivity contribution < 1.29 is 8.78 Å². The van der Waals surface area contributed by atoms with E-state index < -0.39 is 6.43 Å². The van der Waals surface area contributed by atoms with Crippen LogP contribution >= 0.6 is 0 Å². The van der Waals surface area contributed by atoms with Crippen LogP contribution in [0.1, 0.15) is 54.9 Å². The fourth-order valence-corrected chi connectivity index (χ4v) is 5.45. The third kappa shape index (κ3) is 3.96. The van der Waals surface area contributed by atoms with Crippen molar-refractivity contribution in [3.05, 3.63) is 71.7 Å². The average molecular weight is 490 g/mol. The molecule has 0 amide bonds. The van der Waals surface area contributed by atoms with E-state index in [-0.39, 0.29) is 5.56 Å². The van der Waals surface area contributed by atoms with Crippen molar-refractivity contribution >= 4 is 28.0 Å². The van der Waals surface area contributed by atoms with Crippen molar-refractivity contribution in [1.29, 1.82) is 0 Å². The predicted octanol–water partition coefficient (Wildman–Crippen LogP) is 6.91. The van der Waals surface area contributed by atoms with Crippen LogP contribution in [0.5, 0.6) is 0 Å². The standard InChI is InChI=1S/C29H33F2N5/c1-17(2)22-11-21(12-24-26(18(3)32-4)16-34(5)28(22)24)36-9-7-8-19-10-23(20-14-33-35(6)15-20)25(29(30)31)13-27(19)36/h10-17,29,32H,3,7-9H2,1-2,4-6H3. The number of hydrogen-bond acceptors (Lipinski definition) is 3. The number of aryl methyl sites for hydroxylation is 3. The Labute approximate surface area is 211 Å². The summed E-state index contributed by atoms with van der Waals surface area (Å²) in [7, 11) is 5.74. The summed E-state index contributed by atoms with van der Waals surface area (Å²) in [5.74, 6) is 0.297. The smallest absolute Gasteiger partial charge is 0.264 e. The molecular formula is C29H33F2N5. The Balaban J connectivity index is 1.71. The van der Waals surface area contributed by atoms with Gasteiger partial charge < -0.3 is 14.8 Å². The number of benzene rings is 2. The summed E-state index contributed by atoms with van der Waals surface area (Å²) in [6.45, 7) is 9.36. The van der Waals surface area contributed by atoms with E-state index in [1.165, 1.54) is 11.1 Å². The molecule has 1 aliphatic heterocycles. The molecule has 0 saturated heterocycles. The third-order valence-electron chi connectivity index (χ3n) is 7.27. The second-order valence-corrected chi connectivity index (χ2v) is 9.99. The molecule has 0 fully saturated rings. The zero-order valence-electron chi connectivity index (χ0n) is 21.6. The number of fused-ring (bicyclic) bond motifs is 2. The second-order valence-electron chi connectivity index (χ2n) is 9.99. The Hall–Kier alpha value is -3.61. The number of nitrogens with zero attached hydrogens (tertiary/aromatic N) is 4. The Morgan fingerprint density at radius 2 is 1.86 bits per heavy atom. The van der Waals surface area contributed by atoms with E-state index in [0.717, 1.165) is 58.5 Å². The highest BCUT2D eigenvalue weighted by Crippen LogP contribution is 2.43. The van der Waals surface area contributed by atoms with Crippen molar-refractivity contribution in [2.75, 3.05) is 18.5 Å². The zero-order valence-corrected chi connectivity index (χ0v) is 21.6. The first-order chi connectivity index (χ1) is 17.2. The first kappa shape index (κ1) is 24.1. The molecule has 5 rings (SSSR count). The van der Waals surface area contributed by atoms with Gasteiger partial charge in [-0.15, -0.1) is 0 Å². The van der Waals surface area contributed by atoms with Crippen molar-refractivity contribution in [1.82, 2.24) is 19.7 Å². The van der Waals surface area contributed by atoms with E-state index in [1.54, 1.807) is 30.2 Å². The summed E-state index contributed by atoms with van der Waals surface area (Å²) in [5.41, 5.74) is 8.62. The molecule has 5 nitrogen and oxygen atoms in total. The van der Waals surface area contributed by atoms with Gasteiger partial charge in [-0.1, -0.05) is 20.4 Å².